The van der Waals surface area contributed by atoms with Crippen LogP contribution in [0.2, 0.25) is 0 Å². The number of aromatic nitrogens is 2. The first kappa shape index (κ1) is 16.6. The molecule has 3 rings (SSSR count). The minimum Gasteiger partial charge on any atom is -0.339 e. The number of anilines is 3. The number of halogens is 1. The summed E-state index contributed by atoms with van der Waals surface area (Å²) >= 11 is 0. The van der Waals surface area contributed by atoms with Gasteiger partial charge in [-0.3, -0.25) is 4.79 Å². The molecule has 0 spiro atoms. The number of nitrogens with zero attached hydrogens (tertiary/aromatic N) is 2. The van der Waals surface area contributed by atoms with Crippen molar-refractivity contribution in [3.63, 3.8) is 0 Å². The number of hydrogen-bond donors (Lipinski definition) is 2. The van der Waals surface area contributed by atoms with Crippen LogP contribution < -0.4 is 10.6 Å². The molecule has 0 fully saturated rings. The predicted molar refractivity (Wildman–Crippen MR) is 95.6 cm³/mol. The van der Waals surface area contributed by atoms with Gasteiger partial charge in [-0.1, -0.05) is 6.07 Å². The van der Waals surface area contributed by atoms with Crippen LogP contribution in [-0.4, -0.2) is 15.9 Å². The van der Waals surface area contributed by atoms with Gasteiger partial charge >= 0.3 is 0 Å². The molecule has 0 bridgehead atoms. The first-order valence-electron chi connectivity index (χ1n) is 7.74. The largest absolute Gasteiger partial charge is 0.339 e. The fourth-order valence-electron chi connectivity index (χ4n) is 2.43. The summed E-state index contributed by atoms with van der Waals surface area (Å²) in [5, 5.41) is 5.80. The Morgan fingerprint density at radius 1 is 0.920 bits per heavy atom. The van der Waals surface area contributed by atoms with Gasteiger partial charge in [-0.05, 0) is 61.4 Å². The van der Waals surface area contributed by atoms with Crippen LogP contribution in [0.1, 0.15) is 21.6 Å². The summed E-state index contributed by atoms with van der Waals surface area (Å²) in [4.78, 5) is 20.6. The molecule has 0 aliphatic rings. The zero-order valence-electron chi connectivity index (χ0n) is 13.9. The second-order valence-corrected chi connectivity index (χ2v) is 5.75. The van der Waals surface area contributed by atoms with Crippen LogP contribution >= 0.6 is 0 Å². The Morgan fingerprint density at radius 2 is 1.60 bits per heavy atom. The van der Waals surface area contributed by atoms with Crippen molar-refractivity contribution >= 4 is 23.1 Å². The molecule has 5 nitrogen and oxygen atoms in total. The molecule has 126 valence electrons. The number of benzene rings is 2. The Kier molecular flexibility index (Phi) is 4.70. The van der Waals surface area contributed by atoms with E-state index < -0.39 is 0 Å². The molecule has 0 aliphatic carbocycles. The fraction of sp³-hybridized carbons (Fsp3) is 0.105. The highest BCUT2D eigenvalue weighted by Gasteiger charge is 2.09. The number of aryl methyl sites for hydroxylation is 2. The SMILES string of the molecule is Cc1cc(C)cc(NC(=O)c2cnc(Nc3ccc(F)cc3)cn2)c1. The molecule has 0 saturated carbocycles. The summed E-state index contributed by atoms with van der Waals surface area (Å²) in [6, 6.07) is 11.7. The van der Waals surface area contributed by atoms with Gasteiger partial charge in [0.1, 0.15) is 17.3 Å². The third-order valence-electron chi connectivity index (χ3n) is 3.48. The van der Waals surface area contributed by atoms with E-state index in [9.17, 15) is 9.18 Å². The van der Waals surface area contributed by atoms with E-state index >= 15 is 0 Å². The average molecular weight is 336 g/mol. The molecular formula is C19H17FN4O. The van der Waals surface area contributed by atoms with E-state index in [0.29, 0.717) is 11.5 Å². The molecule has 1 aromatic heterocycles. The Hall–Kier alpha value is -3.28. The van der Waals surface area contributed by atoms with Crippen molar-refractivity contribution in [3.05, 3.63) is 77.5 Å². The molecule has 6 heteroatoms. The van der Waals surface area contributed by atoms with Gasteiger partial charge in [0.15, 0.2) is 0 Å². The van der Waals surface area contributed by atoms with Crippen molar-refractivity contribution in [1.29, 1.82) is 0 Å². The molecule has 2 aromatic carbocycles. The zero-order valence-corrected chi connectivity index (χ0v) is 13.9. The quantitative estimate of drug-likeness (QED) is 0.748. The molecule has 0 radical (unpaired) electrons. The standard InChI is InChI=1S/C19H17FN4O/c1-12-7-13(2)9-16(8-12)24-19(25)17-10-22-18(11-21-17)23-15-5-3-14(20)4-6-15/h3-11H,1-2H3,(H,22,23)(H,24,25). The molecular weight excluding hydrogens is 319 g/mol. The molecule has 3 aromatic rings. The lowest BCUT2D eigenvalue weighted by Gasteiger charge is -2.08. The summed E-state index contributed by atoms with van der Waals surface area (Å²) in [5.41, 5.74) is 3.75. The van der Waals surface area contributed by atoms with Gasteiger partial charge in [0, 0.05) is 11.4 Å². The molecule has 0 saturated heterocycles. The number of rotatable bonds is 4. The molecule has 0 unspecified atom stereocenters. The molecule has 2 N–H and O–H groups in total. The maximum atomic E-state index is 12.9. The lowest BCUT2D eigenvalue weighted by molar-refractivity contribution is 0.102. The van der Waals surface area contributed by atoms with Crippen molar-refractivity contribution in [1.82, 2.24) is 9.97 Å². The number of carbonyl (C=O) groups is 1. The van der Waals surface area contributed by atoms with Crippen LogP contribution in [-0.2, 0) is 0 Å². The van der Waals surface area contributed by atoms with E-state index in [1.165, 1.54) is 24.5 Å². The topological polar surface area (TPSA) is 66.9 Å². The minimum absolute atomic E-state index is 0.212. The van der Waals surface area contributed by atoms with E-state index in [2.05, 4.69) is 20.6 Å². The Bertz CT molecular complexity index is 872. The average Bonchev–Trinajstić information content (AvgIpc) is 2.56. The van der Waals surface area contributed by atoms with E-state index in [1.54, 1.807) is 12.1 Å². The Labute approximate surface area is 145 Å². The fourth-order valence-corrected chi connectivity index (χ4v) is 2.43. The van der Waals surface area contributed by atoms with Gasteiger partial charge < -0.3 is 10.6 Å². The molecule has 1 heterocycles. The van der Waals surface area contributed by atoms with E-state index in [0.717, 1.165) is 16.8 Å². The van der Waals surface area contributed by atoms with Crippen LogP contribution in [0.25, 0.3) is 0 Å². The van der Waals surface area contributed by atoms with Gasteiger partial charge in [-0.15, -0.1) is 0 Å². The lowest BCUT2D eigenvalue weighted by atomic mass is 10.1. The Balaban J connectivity index is 1.68. The monoisotopic (exact) mass is 336 g/mol. The summed E-state index contributed by atoms with van der Waals surface area (Å²) < 4.78 is 12.9. The number of hydrogen-bond acceptors (Lipinski definition) is 4. The van der Waals surface area contributed by atoms with E-state index in [-0.39, 0.29) is 17.4 Å². The summed E-state index contributed by atoms with van der Waals surface area (Å²) in [7, 11) is 0. The third-order valence-corrected chi connectivity index (χ3v) is 3.48. The van der Waals surface area contributed by atoms with Gasteiger partial charge in [-0.25, -0.2) is 14.4 Å². The zero-order chi connectivity index (χ0) is 17.8. The minimum atomic E-state index is -0.328. The maximum absolute atomic E-state index is 12.9. The summed E-state index contributed by atoms with van der Waals surface area (Å²) in [6.07, 6.45) is 2.85. The van der Waals surface area contributed by atoms with Gasteiger partial charge in [0.2, 0.25) is 0 Å². The van der Waals surface area contributed by atoms with Gasteiger partial charge in [-0.2, -0.15) is 0 Å². The molecule has 1 amide bonds. The number of amides is 1. The highest BCUT2D eigenvalue weighted by Crippen LogP contribution is 2.16. The molecule has 0 aliphatic heterocycles. The van der Waals surface area contributed by atoms with Crippen molar-refractivity contribution in [2.45, 2.75) is 13.8 Å². The van der Waals surface area contributed by atoms with Crippen molar-refractivity contribution < 1.29 is 9.18 Å². The van der Waals surface area contributed by atoms with Crippen LogP contribution in [0.15, 0.2) is 54.9 Å². The number of carbonyl (C=O) groups excluding carboxylic acids is 1. The van der Waals surface area contributed by atoms with Crippen molar-refractivity contribution in [2.75, 3.05) is 10.6 Å². The normalized spacial score (nSPS) is 10.4. The smallest absolute Gasteiger partial charge is 0.275 e. The second kappa shape index (κ2) is 7.09. The van der Waals surface area contributed by atoms with E-state index in [1.807, 2.05) is 32.0 Å². The highest BCUT2D eigenvalue weighted by molar-refractivity contribution is 6.02. The Morgan fingerprint density at radius 3 is 2.20 bits per heavy atom. The number of nitrogens with one attached hydrogen (secondary N) is 2. The first-order chi connectivity index (χ1) is 12.0. The predicted octanol–water partition coefficient (Wildman–Crippen LogP) is 4.23. The lowest BCUT2D eigenvalue weighted by Crippen LogP contribution is -2.14. The summed E-state index contributed by atoms with van der Waals surface area (Å²) in [5.74, 6) is -0.171. The van der Waals surface area contributed by atoms with Gasteiger partial charge in [0.25, 0.3) is 5.91 Å². The molecule has 0 atom stereocenters. The van der Waals surface area contributed by atoms with Crippen molar-refractivity contribution in [3.8, 4) is 0 Å². The third kappa shape index (κ3) is 4.38. The van der Waals surface area contributed by atoms with Crippen molar-refractivity contribution in [2.24, 2.45) is 0 Å². The maximum Gasteiger partial charge on any atom is 0.275 e. The molecule has 25 heavy (non-hydrogen) atoms. The van der Waals surface area contributed by atoms with Crippen LogP contribution in [0, 0.1) is 19.7 Å². The summed E-state index contributed by atoms with van der Waals surface area (Å²) in [6.45, 7) is 3.94. The first-order valence-corrected chi connectivity index (χ1v) is 7.74. The second-order valence-electron chi connectivity index (χ2n) is 5.75. The van der Waals surface area contributed by atoms with Crippen LogP contribution in [0.4, 0.5) is 21.6 Å². The van der Waals surface area contributed by atoms with Gasteiger partial charge in [0.05, 0.1) is 12.4 Å². The van der Waals surface area contributed by atoms with E-state index in [4.69, 9.17) is 0 Å². The highest BCUT2D eigenvalue weighted by atomic mass is 19.1. The van der Waals surface area contributed by atoms with Crippen LogP contribution in [0.3, 0.4) is 0 Å². The van der Waals surface area contributed by atoms with Crippen LogP contribution in [0.5, 0.6) is 0 Å².